The van der Waals surface area contributed by atoms with Crippen molar-refractivity contribution in [3.63, 3.8) is 0 Å². The Morgan fingerprint density at radius 1 is 1.53 bits per heavy atom. The van der Waals surface area contributed by atoms with Crippen molar-refractivity contribution in [3.05, 3.63) is 39.9 Å². The van der Waals surface area contributed by atoms with Gasteiger partial charge in [0.25, 0.3) is 5.69 Å². The van der Waals surface area contributed by atoms with Crippen molar-refractivity contribution in [2.24, 2.45) is 0 Å². The van der Waals surface area contributed by atoms with Crippen LogP contribution < -0.4 is 5.32 Å². The highest BCUT2D eigenvalue weighted by atomic mass is 32.2. The highest BCUT2D eigenvalue weighted by Crippen LogP contribution is 2.17. The molecule has 0 radical (unpaired) electrons. The molecule has 92 valence electrons. The van der Waals surface area contributed by atoms with Gasteiger partial charge in [0.1, 0.15) is 0 Å². The Kier molecular flexibility index (Phi) is 4.96. The predicted octanol–water partition coefficient (Wildman–Crippen LogP) is 1.96. The smallest absolute Gasteiger partial charge is 0.274 e. The minimum atomic E-state index is -0.445. The monoisotopic (exact) mass is 254 g/mol. The second-order valence-electron chi connectivity index (χ2n) is 3.48. The number of amides is 1. The number of hydrogen-bond donors (Lipinski definition) is 1. The van der Waals surface area contributed by atoms with E-state index in [1.807, 2.05) is 6.26 Å². The molecule has 5 nitrogen and oxygen atoms in total. The molecule has 0 heterocycles. The quantitative estimate of drug-likeness (QED) is 0.644. The minimum absolute atomic E-state index is 0.0320. The first-order valence-electron chi connectivity index (χ1n) is 5.09. The maximum atomic E-state index is 11.5. The van der Waals surface area contributed by atoms with Crippen LogP contribution in [0, 0.1) is 10.1 Å². The normalized spacial score (nSPS) is 11.9. The fourth-order valence-corrected chi connectivity index (χ4v) is 1.57. The van der Waals surface area contributed by atoms with Gasteiger partial charge in [-0.05, 0) is 13.2 Å². The number of nitrogens with one attached hydrogen (secondary N) is 1. The van der Waals surface area contributed by atoms with E-state index in [0.717, 1.165) is 0 Å². The molecule has 0 saturated carbocycles. The third-order valence-electron chi connectivity index (χ3n) is 2.36. The van der Waals surface area contributed by atoms with Gasteiger partial charge in [-0.3, -0.25) is 14.9 Å². The molecule has 0 saturated heterocycles. The van der Waals surface area contributed by atoms with Crippen molar-refractivity contribution >= 4 is 23.4 Å². The molecule has 1 aromatic rings. The van der Waals surface area contributed by atoms with E-state index < -0.39 is 4.92 Å². The number of nitro benzene ring substituents is 1. The van der Waals surface area contributed by atoms with E-state index in [4.69, 9.17) is 0 Å². The summed E-state index contributed by atoms with van der Waals surface area (Å²) in [6.45, 7) is 1.97. The molecule has 6 heteroatoms. The van der Waals surface area contributed by atoms with Gasteiger partial charge in [0.05, 0.1) is 10.2 Å². The van der Waals surface area contributed by atoms with E-state index in [-0.39, 0.29) is 23.4 Å². The summed E-state index contributed by atoms with van der Waals surface area (Å²) in [4.78, 5) is 21.8. The van der Waals surface area contributed by atoms with E-state index >= 15 is 0 Å². The second-order valence-corrected chi connectivity index (χ2v) is 4.66. The molecule has 0 aromatic heterocycles. The Morgan fingerprint density at radius 3 is 2.76 bits per heavy atom. The summed E-state index contributed by atoms with van der Waals surface area (Å²) in [6, 6.07) is 6.39. The lowest BCUT2D eigenvalue weighted by atomic mass is 10.2. The Morgan fingerprint density at radius 2 is 2.18 bits per heavy atom. The highest BCUT2D eigenvalue weighted by Gasteiger charge is 2.15. The maximum Gasteiger partial charge on any atom is 0.274 e. The number of benzene rings is 1. The third-order valence-corrected chi connectivity index (χ3v) is 3.29. The number of carbonyl (C=O) groups is 1. The molecule has 1 N–H and O–H groups in total. The van der Waals surface area contributed by atoms with Crippen LogP contribution in [0.15, 0.2) is 24.3 Å². The average molecular weight is 254 g/mol. The number of nitrogens with zero attached hydrogens (tertiary/aromatic N) is 1. The summed E-state index contributed by atoms with van der Waals surface area (Å²) >= 11 is 1.43. The SMILES string of the molecule is CSC(C)C(=O)NCc1ccccc1[N+](=O)[O-]. The molecule has 0 bridgehead atoms. The number of nitro groups is 1. The zero-order valence-electron chi connectivity index (χ0n) is 9.67. The number of thioether (sulfide) groups is 1. The van der Waals surface area contributed by atoms with Crippen LogP contribution in [-0.4, -0.2) is 22.3 Å². The fourth-order valence-electron chi connectivity index (χ4n) is 1.27. The van der Waals surface area contributed by atoms with Crippen LogP contribution in [0.2, 0.25) is 0 Å². The van der Waals surface area contributed by atoms with Gasteiger partial charge < -0.3 is 5.32 Å². The van der Waals surface area contributed by atoms with Crippen LogP contribution in [0.5, 0.6) is 0 Å². The minimum Gasteiger partial charge on any atom is -0.351 e. The summed E-state index contributed by atoms with van der Waals surface area (Å²) in [5, 5.41) is 13.3. The van der Waals surface area contributed by atoms with E-state index in [0.29, 0.717) is 5.56 Å². The number of carbonyl (C=O) groups excluding carboxylic acids is 1. The van der Waals surface area contributed by atoms with Crippen LogP contribution >= 0.6 is 11.8 Å². The van der Waals surface area contributed by atoms with Crippen LogP contribution in [0.25, 0.3) is 0 Å². The van der Waals surface area contributed by atoms with E-state index in [1.165, 1.54) is 17.8 Å². The van der Waals surface area contributed by atoms with Crippen molar-refractivity contribution in [1.29, 1.82) is 0 Å². The van der Waals surface area contributed by atoms with Crippen molar-refractivity contribution in [2.45, 2.75) is 18.7 Å². The standard InChI is InChI=1S/C11H14N2O3S/c1-8(17-2)11(14)12-7-9-5-3-4-6-10(9)13(15)16/h3-6,8H,7H2,1-2H3,(H,12,14). The van der Waals surface area contributed by atoms with Crippen molar-refractivity contribution in [3.8, 4) is 0 Å². The van der Waals surface area contributed by atoms with Crippen molar-refractivity contribution in [1.82, 2.24) is 5.32 Å². The summed E-state index contributed by atoms with van der Waals surface area (Å²) in [6.07, 6.45) is 1.84. The van der Waals surface area contributed by atoms with Crippen molar-refractivity contribution < 1.29 is 9.72 Å². The fraction of sp³-hybridized carbons (Fsp3) is 0.364. The van der Waals surface area contributed by atoms with E-state index in [9.17, 15) is 14.9 Å². The largest absolute Gasteiger partial charge is 0.351 e. The molecule has 1 rings (SSSR count). The lowest BCUT2D eigenvalue weighted by molar-refractivity contribution is -0.385. The molecule has 0 aliphatic carbocycles. The zero-order valence-corrected chi connectivity index (χ0v) is 10.5. The van der Waals surface area contributed by atoms with Gasteiger partial charge in [-0.25, -0.2) is 0 Å². The molecular weight excluding hydrogens is 240 g/mol. The van der Waals surface area contributed by atoms with Gasteiger partial charge in [-0.1, -0.05) is 18.2 Å². The van der Waals surface area contributed by atoms with Gasteiger partial charge in [0.2, 0.25) is 5.91 Å². The first-order valence-corrected chi connectivity index (χ1v) is 6.38. The number of hydrogen-bond acceptors (Lipinski definition) is 4. The first-order chi connectivity index (χ1) is 8.06. The third kappa shape index (κ3) is 3.74. The highest BCUT2D eigenvalue weighted by molar-refractivity contribution is 7.99. The zero-order chi connectivity index (χ0) is 12.8. The molecular formula is C11H14N2O3S. The number of rotatable bonds is 5. The van der Waals surface area contributed by atoms with Gasteiger partial charge >= 0.3 is 0 Å². The Hall–Kier alpha value is -1.56. The Balaban J connectivity index is 2.69. The van der Waals surface area contributed by atoms with Gasteiger partial charge in [-0.2, -0.15) is 11.8 Å². The molecule has 0 spiro atoms. The molecule has 1 amide bonds. The average Bonchev–Trinajstić information content (AvgIpc) is 2.35. The molecule has 0 aliphatic rings. The van der Waals surface area contributed by atoms with Crippen molar-refractivity contribution in [2.75, 3.05) is 6.26 Å². The molecule has 0 aliphatic heterocycles. The molecule has 1 aromatic carbocycles. The summed E-state index contributed by atoms with van der Waals surface area (Å²) in [5.74, 6) is -0.115. The van der Waals surface area contributed by atoms with Gasteiger partial charge in [-0.15, -0.1) is 0 Å². The molecule has 0 fully saturated rings. The molecule has 1 atom stereocenters. The van der Waals surface area contributed by atoms with E-state index in [1.54, 1.807) is 25.1 Å². The van der Waals surface area contributed by atoms with Crippen LogP contribution in [0.3, 0.4) is 0 Å². The molecule has 1 unspecified atom stereocenters. The van der Waals surface area contributed by atoms with Crippen LogP contribution in [0.1, 0.15) is 12.5 Å². The lowest BCUT2D eigenvalue weighted by Crippen LogP contribution is -2.30. The lowest BCUT2D eigenvalue weighted by Gasteiger charge is -2.09. The maximum absolute atomic E-state index is 11.5. The molecule has 17 heavy (non-hydrogen) atoms. The summed E-state index contributed by atoms with van der Waals surface area (Å²) < 4.78 is 0. The van der Waals surface area contributed by atoms with Gasteiger partial charge in [0.15, 0.2) is 0 Å². The number of para-hydroxylation sites is 1. The van der Waals surface area contributed by atoms with Gasteiger partial charge in [0, 0.05) is 18.2 Å². The predicted molar refractivity (Wildman–Crippen MR) is 67.9 cm³/mol. The second kappa shape index (κ2) is 6.24. The summed E-state index contributed by atoms with van der Waals surface area (Å²) in [5.41, 5.74) is 0.545. The van der Waals surface area contributed by atoms with Crippen LogP contribution in [-0.2, 0) is 11.3 Å². The van der Waals surface area contributed by atoms with E-state index in [2.05, 4.69) is 5.32 Å². The Bertz CT molecular complexity index is 423. The topological polar surface area (TPSA) is 72.2 Å². The Labute approximate surface area is 104 Å². The summed E-state index contributed by atoms with van der Waals surface area (Å²) in [7, 11) is 0. The van der Waals surface area contributed by atoms with Crippen LogP contribution in [0.4, 0.5) is 5.69 Å². The first kappa shape index (κ1) is 13.5.